The van der Waals surface area contributed by atoms with Gasteiger partial charge in [0.25, 0.3) is 0 Å². The molecule has 2 amide bonds. The molecule has 33 heavy (non-hydrogen) atoms. The Bertz CT molecular complexity index is 980. The van der Waals surface area contributed by atoms with Crippen molar-refractivity contribution in [2.45, 2.75) is 60.8 Å². The van der Waals surface area contributed by atoms with E-state index in [1.807, 2.05) is 0 Å². The van der Waals surface area contributed by atoms with Crippen molar-refractivity contribution in [1.29, 1.82) is 0 Å². The van der Waals surface area contributed by atoms with E-state index < -0.39 is 36.5 Å². The number of alkyl halides is 3. The molecule has 1 aromatic rings. The average molecular weight is 544 g/mol. The maximum atomic E-state index is 13.5. The topological polar surface area (TPSA) is 103 Å². The first-order valence-corrected chi connectivity index (χ1v) is 14.4. The van der Waals surface area contributed by atoms with Gasteiger partial charge in [-0.25, -0.2) is 19.6 Å². The molecule has 1 N–H and O–H groups in total. The van der Waals surface area contributed by atoms with Crippen molar-refractivity contribution in [2.24, 2.45) is 0 Å². The summed E-state index contributed by atoms with van der Waals surface area (Å²) in [4.78, 5) is 40.2. The summed E-state index contributed by atoms with van der Waals surface area (Å²) >= 11 is 16.9. The number of hydrogen-bond donors (Lipinski definition) is 1. The molecule has 3 rings (SSSR count). The second kappa shape index (κ2) is 8.70. The molecule has 0 atom stereocenters. The summed E-state index contributed by atoms with van der Waals surface area (Å²) in [5, 5.41) is 7.37. The van der Waals surface area contributed by atoms with Gasteiger partial charge >= 0.3 is 16.2 Å². The molecule has 13 heteroatoms. The van der Waals surface area contributed by atoms with E-state index in [1.54, 1.807) is 20.8 Å². The summed E-state index contributed by atoms with van der Waals surface area (Å²) < 4.78 is 8.36. The third-order valence-corrected chi connectivity index (χ3v) is 9.57. The maximum absolute atomic E-state index is 13.5. The highest BCUT2D eigenvalue weighted by Gasteiger charge is 2.52. The van der Waals surface area contributed by atoms with Crippen LogP contribution in [-0.2, 0) is 26.4 Å². The number of fused-ring (bicyclic) bond motifs is 1. The highest BCUT2D eigenvalue weighted by molar-refractivity contribution is 8.33. The summed E-state index contributed by atoms with van der Waals surface area (Å²) in [6, 6.07) is 0. The lowest BCUT2D eigenvalue weighted by Gasteiger charge is -2.53. The Kier molecular flexibility index (Phi) is 6.92. The predicted molar refractivity (Wildman–Crippen MR) is 131 cm³/mol. The maximum Gasteiger partial charge on any atom is 0.436 e. The highest BCUT2D eigenvalue weighted by Crippen LogP contribution is 2.60. The Morgan fingerprint density at radius 1 is 1.15 bits per heavy atom. The lowest BCUT2D eigenvalue weighted by molar-refractivity contribution is -0.120. The average Bonchev–Trinajstić information content (AvgIpc) is 3.06. The van der Waals surface area contributed by atoms with Crippen molar-refractivity contribution in [3.05, 3.63) is 11.3 Å². The molecule has 0 radical (unpaired) electrons. The molecule has 2 heterocycles. The van der Waals surface area contributed by atoms with Gasteiger partial charge in [-0.1, -0.05) is 0 Å². The smallest absolute Gasteiger partial charge is 0.436 e. The second-order valence-corrected chi connectivity index (χ2v) is 16.0. The number of hydrogen-bond acceptors (Lipinski definition) is 6. The van der Waals surface area contributed by atoms with Crippen molar-refractivity contribution in [3.63, 3.8) is 0 Å². The Balaban J connectivity index is 2.02. The van der Waals surface area contributed by atoms with Crippen LogP contribution in [-0.4, -0.2) is 66.9 Å². The minimum absolute atomic E-state index is 0.00763. The number of halogens is 3. The van der Waals surface area contributed by atoms with Gasteiger partial charge in [0.1, 0.15) is 5.82 Å². The van der Waals surface area contributed by atoms with Crippen LogP contribution in [0.25, 0.3) is 0 Å². The largest absolute Gasteiger partial charge is 0.448 e. The number of nitrogens with one attached hydrogen (secondary N) is 1. The first kappa shape index (κ1) is 26.2. The number of rotatable bonds is 4. The lowest BCUT2D eigenvalue weighted by Crippen LogP contribution is -2.52. The first-order valence-electron chi connectivity index (χ1n) is 10.4. The summed E-state index contributed by atoms with van der Waals surface area (Å²) in [5.74, 6) is 0.0188. The molecule has 1 aliphatic heterocycles. The Hall–Kier alpha value is -1.36. The van der Waals surface area contributed by atoms with E-state index >= 15 is 0 Å². The molecule has 1 fully saturated rings. The van der Waals surface area contributed by atoms with Crippen molar-refractivity contribution >= 4 is 68.7 Å². The fourth-order valence-electron chi connectivity index (χ4n) is 4.30. The van der Waals surface area contributed by atoms with Crippen LogP contribution in [0, 0.1) is 0 Å². The third kappa shape index (κ3) is 4.63. The predicted octanol–water partition coefficient (Wildman–Crippen LogP) is 4.96. The molecule has 2 aliphatic rings. The molecule has 0 unspecified atom stereocenters. The molecular formula is C20H29Cl3N4O5S. The third-order valence-electron chi connectivity index (χ3n) is 6.40. The number of nitrogens with zero attached hydrogens (tertiary/aromatic N) is 3. The lowest BCUT2D eigenvalue weighted by atomic mass is 9.83. The van der Waals surface area contributed by atoms with Crippen LogP contribution < -0.4 is 5.32 Å². The fourth-order valence-corrected chi connectivity index (χ4v) is 6.62. The van der Waals surface area contributed by atoms with E-state index in [9.17, 15) is 14.4 Å². The van der Waals surface area contributed by atoms with Crippen molar-refractivity contribution in [1.82, 2.24) is 14.7 Å². The van der Waals surface area contributed by atoms with E-state index in [0.717, 1.165) is 23.9 Å². The molecule has 186 valence electrons. The van der Waals surface area contributed by atoms with Gasteiger partial charge in [-0.15, -0.1) is 4.68 Å². The highest BCUT2D eigenvalue weighted by atomic mass is 35.6. The minimum Gasteiger partial charge on any atom is -0.448 e. The van der Waals surface area contributed by atoms with Crippen molar-refractivity contribution in [3.8, 4) is 0 Å². The van der Waals surface area contributed by atoms with Gasteiger partial charge in [0.05, 0.1) is 29.1 Å². The minimum atomic E-state index is -2.23. The number of carbonyl (C=O) groups is 3. The summed E-state index contributed by atoms with van der Waals surface area (Å²) in [7, 11) is -1.24. The molecule has 1 saturated carbocycles. The monoisotopic (exact) mass is 542 g/mol. The molecule has 0 bridgehead atoms. The Morgan fingerprint density at radius 3 is 2.21 bits per heavy atom. The van der Waals surface area contributed by atoms with E-state index in [4.69, 9.17) is 44.3 Å². The van der Waals surface area contributed by atoms with Crippen molar-refractivity contribution in [2.75, 3.05) is 30.7 Å². The van der Waals surface area contributed by atoms with E-state index in [-0.39, 0.29) is 24.9 Å². The summed E-state index contributed by atoms with van der Waals surface area (Å²) in [5.41, 5.74) is -0.0952. The van der Waals surface area contributed by atoms with Gasteiger partial charge in [-0.2, -0.15) is 5.10 Å². The van der Waals surface area contributed by atoms with Crippen LogP contribution in [0.1, 0.15) is 51.3 Å². The number of amides is 2. The van der Waals surface area contributed by atoms with Crippen LogP contribution in [0.5, 0.6) is 0 Å². The standard InChI is InChI=1S/C20H29Cl3N4O5S/c1-7-31-17(30)27-14(24-15(28)19(9-8-10-19)33(4,5)6)12-11-26(16(29)32-20(21,22)23)18(2,3)13(12)25-27/h7-11H2,1-6H3,(H,24,28). The second-order valence-electron chi connectivity index (χ2n) is 9.38. The van der Waals surface area contributed by atoms with E-state index in [0.29, 0.717) is 11.3 Å². The van der Waals surface area contributed by atoms with Crippen molar-refractivity contribution < 1.29 is 23.9 Å². The normalized spacial score (nSPS) is 19.4. The van der Waals surface area contributed by atoms with Gasteiger partial charge in [-0.3, -0.25) is 9.69 Å². The Morgan fingerprint density at radius 2 is 1.76 bits per heavy atom. The van der Waals surface area contributed by atoms with Gasteiger partial charge in [-0.05, 0) is 93.6 Å². The number of ether oxygens (including phenoxy) is 2. The summed E-state index contributed by atoms with van der Waals surface area (Å²) in [6.45, 7) is 5.25. The molecule has 0 aromatic carbocycles. The van der Waals surface area contributed by atoms with Gasteiger partial charge < -0.3 is 14.8 Å². The zero-order valence-electron chi connectivity index (χ0n) is 19.5. The van der Waals surface area contributed by atoms with E-state index in [2.05, 4.69) is 29.2 Å². The van der Waals surface area contributed by atoms with E-state index in [1.165, 1.54) is 4.90 Å². The molecule has 0 saturated heterocycles. The van der Waals surface area contributed by atoms with Crippen LogP contribution in [0.2, 0.25) is 0 Å². The molecule has 1 aromatic heterocycles. The van der Waals surface area contributed by atoms with Gasteiger partial charge in [0, 0.05) is 5.56 Å². The number of anilines is 1. The zero-order valence-corrected chi connectivity index (χ0v) is 22.5. The van der Waals surface area contributed by atoms with Gasteiger partial charge in [0.15, 0.2) is 0 Å². The molecular weight excluding hydrogens is 515 g/mol. The van der Waals surface area contributed by atoms with Crippen LogP contribution in [0.4, 0.5) is 15.4 Å². The SMILES string of the molecule is CCOC(=O)n1nc2c(c1NC(=O)C1(S(C)(C)C)CCC1)CN(C(=O)OC(Cl)(Cl)Cl)C2(C)C. The first-order chi connectivity index (χ1) is 15.0. The number of carbonyl (C=O) groups excluding carboxylic acids is 3. The van der Waals surface area contributed by atoms with Crippen LogP contribution >= 0.6 is 44.8 Å². The zero-order chi connectivity index (χ0) is 25.0. The number of aromatic nitrogens is 2. The fraction of sp³-hybridized carbons (Fsp3) is 0.700. The molecule has 9 nitrogen and oxygen atoms in total. The molecule has 1 aliphatic carbocycles. The van der Waals surface area contributed by atoms with Crippen LogP contribution in [0.15, 0.2) is 0 Å². The molecule has 0 spiro atoms. The van der Waals surface area contributed by atoms with Crippen LogP contribution in [0.3, 0.4) is 0 Å². The summed E-state index contributed by atoms with van der Waals surface area (Å²) in [6.07, 6.45) is 7.26. The quantitative estimate of drug-likeness (QED) is 0.539. The Labute approximate surface area is 209 Å². The van der Waals surface area contributed by atoms with Gasteiger partial charge in [0.2, 0.25) is 5.91 Å².